The van der Waals surface area contributed by atoms with E-state index in [1.54, 1.807) is 18.2 Å². The Hall–Kier alpha value is -2.57. The van der Waals surface area contributed by atoms with Crippen LogP contribution in [0.25, 0.3) is 0 Å². The van der Waals surface area contributed by atoms with Gasteiger partial charge in [-0.25, -0.2) is 0 Å². The average molecular weight is 276 g/mol. The fourth-order valence-corrected chi connectivity index (χ4v) is 1.63. The topological polar surface area (TPSA) is 89.1 Å². The number of hydrogen-bond donors (Lipinski definition) is 2. The number of benzene rings is 1. The smallest absolute Gasteiger partial charge is 0.271 e. The summed E-state index contributed by atoms with van der Waals surface area (Å²) in [5.41, 5.74) is 0.395. The number of anilines is 2. The highest BCUT2D eigenvalue weighted by Gasteiger charge is 2.07. The van der Waals surface area contributed by atoms with Gasteiger partial charge in [-0.15, -0.1) is 10.2 Å². The number of ether oxygens (including phenoxy) is 2. The van der Waals surface area contributed by atoms with Gasteiger partial charge >= 0.3 is 0 Å². The summed E-state index contributed by atoms with van der Waals surface area (Å²) in [5, 5.41) is 10.3. The van der Waals surface area contributed by atoms with Crippen molar-refractivity contribution >= 4 is 11.6 Å². The molecule has 0 radical (unpaired) electrons. The molecular weight excluding hydrogens is 260 g/mol. The molecule has 20 heavy (non-hydrogen) atoms. The molecule has 0 atom stereocenters. The normalized spacial score (nSPS) is 10.1. The van der Waals surface area contributed by atoms with Gasteiger partial charge in [0.25, 0.3) is 5.56 Å². The summed E-state index contributed by atoms with van der Waals surface area (Å²) in [6.45, 7) is 4.90. The highest BCUT2D eigenvalue weighted by molar-refractivity contribution is 5.59. The number of nitrogens with zero attached hydrogens (tertiary/aromatic N) is 2. The fraction of sp³-hybridized carbons (Fsp3) is 0.308. The first-order chi connectivity index (χ1) is 9.72. The van der Waals surface area contributed by atoms with E-state index < -0.39 is 0 Å². The molecule has 0 aliphatic heterocycles. The first kappa shape index (κ1) is 13.9. The molecule has 0 amide bonds. The Balaban J connectivity index is 2.24. The van der Waals surface area contributed by atoms with Crippen molar-refractivity contribution in [2.75, 3.05) is 18.5 Å². The lowest BCUT2D eigenvalue weighted by molar-refractivity contribution is 0.288. The van der Waals surface area contributed by atoms with Crippen LogP contribution in [-0.4, -0.2) is 28.4 Å². The summed E-state index contributed by atoms with van der Waals surface area (Å²) in [6.07, 6.45) is 1.11. The van der Waals surface area contributed by atoms with Crippen molar-refractivity contribution in [1.82, 2.24) is 15.2 Å². The summed E-state index contributed by atoms with van der Waals surface area (Å²) < 4.78 is 11.0. The van der Waals surface area contributed by atoms with Gasteiger partial charge in [-0.1, -0.05) is 0 Å². The third-order valence-corrected chi connectivity index (χ3v) is 2.38. The number of nitrogens with one attached hydrogen (secondary N) is 2. The van der Waals surface area contributed by atoms with Crippen LogP contribution in [0.2, 0.25) is 0 Å². The molecule has 7 nitrogen and oxygen atoms in total. The molecule has 1 aromatic heterocycles. The Morgan fingerprint density at radius 2 is 1.95 bits per heavy atom. The van der Waals surface area contributed by atoms with Gasteiger partial charge in [-0.3, -0.25) is 9.78 Å². The van der Waals surface area contributed by atoms with E-state index >= 15 is 0 Å². The molecule has 0 aliphatic carbocycles. The van der Waals surface area contributed by atoms with Crippen molar-refractivity contribution in [2.24, 2.45) is 0 Å². The number of rotatable bonds is 6. The second kappa shape index (κ2) is 6.55. The molecule has 106 valence electrons. The van der Waals surface area contributed by atoms with Crippen LogP contribution in [0.3, 0.4) is 0 Å². The lowest BCUT2D eigenvalue weighted by atomic mass is 10.2. The highest BCUT2D eigenvalue weighted by Crippen LogP contribution is 2.31. The van der Waals surface area contributed by atoms with E-state index in [0.29, 0.717) is 30.4 Å². The van der Waals surface area contributed by atoms with Gasteiger partial charge in [-0.05, 0) is 26.0 Å². The van der Waals surface area contributed by atoms with Gasteiger partial charge in [-0.2, -0.15) is 0 Å². The molecule has 2 aromatic rings. The molecule has 1 aromatic carbocycles. The van der Waals surface area contributed by atoms with Crippen LogP contribution < -0.4 is 20.3 Å². The molecule has 0 spiro atoms. The minimum atomic E-state index is -0.321. The predicted molar refractivity (Wildman–Crippen MR) is 74.7 cm³/mol. The van der Waals surface area contributed by atoms with Crippen molar-refractivity contribution in [3.05, 3.63) is 34.7 Å². The predicted octanol–water partition coefficient (Wildman–Crippen LogP) is 1.71. The number of aromatic nitrogens is 3. The van der Waals surface area contributed by atoms with Crippen molar-refractivity contribution in [3.63, 3.8) is 0 Å². The van der Waals surface area contributed by atoms with E-state index in [2.05, 4.69) is 20.5 Å². The van der Waals surface area contributed by atoms with E-state index in [1.807, 2.05) is 13.8 Å². The molecule has 0 aliphatic rings. The number of hydrogen-bond acceptors (Lipinski definition) is 6. The Morgan fingerprint density at radius 3 is 2.65 bits per heavy atom. The number of aromatic amines is 1. The van der Waals surface area contributed by atoms with E-state index in [1.165, 1.54) is 0 Å². The highest BCUT2D eigenvalue weighted by atomic mass is 16.5. The molecule has 0 saturated carbocycles. The minimum absolute atomic E-state index is 0.268. The zero-order chi connectivity index (χ0) is 14.4. The Bertz CT molecular complexity index is 627. The third kappa shape index (κ3) is 3.47. The number of H-pyrrole nitrogens is 1. The van der Waals surface area contributed by atoms with E-state index in [9.17, 15) is 4.79 Å². The quantitative estimate of drug-likeness (QED) is 0.834. The summed E-state index contributed by atoms with van der Waals surface area (Å²) >= 11 is 0. The van der Waals surface area contributed by atoms with E-state index in [0.717, 1.165) is 6.20 Å². The third-order valence-electron chi connectivity index (χ3n) is 2.38. The maximum absolute atomic E-state index is 11.1. The van der Waals surface area contributed by atoms with Gasteiger partial charge in [0.1, 0.15) is 6.20 Å². The Labute approximate surface area is 116 Å². The van der Waals surface area contributed by atoms with Crippen LogP contribution in [0, 0.1) is 0 Å². The molecule has 0 fully saturated rings. The van der Waals surface area contributed by atoms with Gasteiger partial charge in [0.05, 0.1) is 13.2 Å². The molecule has 1 heterocycles. The van der Waals surface area contributed by atoms with Gasteiger partial charge in [0.2, 0.25) is 5.95 Å². The second-order valence-electron chi connectivity index (χ2n) is 3.83. The summed E-state index contributed by atoms with van der Waals surface area (Å²) in [4.78, 5) is 13.7. The second-order valence-corrected chi connectivity index (χ2v) is 3.83. The molecule has 0 bridgehead atoms. The van der Waals surface area contributed by atoms with Crippen LogP contribution in [0.1, 0.15) is 13.8 Å². The molecule has 7 heteroatoms. The molecule has 0 unspecified atom stereocenters. The van der Waals surface area contributed by atoms with Crippen molar-refractivity contribution in [2.45, 2.75) is 13.8 Å². The SMILES string of the molecule is CCOc1ccc(Nc2nncc(=O)[nH]2)cc1OCC. The van der Waals surface area contributed by atoms with Crippen LogP contribution in [0.15, 0.2) is 29.2 Å². The standard InChI is InChI=1S/C13H16N4O3/c1-3-19-10-6-5-9(7-11(10)20-4-2)15-13-16-12(18)8-14-17-13/h5-8H,3-4H2,1-2H3,(H2,15,16,17,18). The zero-order valence-corrected chi connectivity index (χ0v) is 11.3. The lowest BCUT2D eigenvalue weighted by Crippen LogP contribution is -2.10. The van der Waals surface area contributed by atoms with Crippen LogP contribution in [-0.2, 0) is 0 Å². The Kier molecular flexibility index (Phi) is 4.54. The van der Waals surface area contributed by atoms with E-state index in [-0.39, 0.29) is 11.5 Å². The van der Waals surface area contributed by atoms with Crippen LogP contribution >= 0.6 is 0 Å². The first-order valence-electron chi connectivity index (χ1n) is 6.31. The lowest BCUT2D eigenvalue weighted by Gasteiger charge is -2.12. The minimum Gasteiger partial charge on any atom is -0.490 e. The summed E-state index contributed by atoms with van der Waals surface area (Å²) in [5.74, 6) is 1.57. The Morgan fingerprint density at radius 1 is 1.20 bits per heavy atom. The fourth-order valence-electron chi connectivity index (χ4n) is 1.63. The largest absolute Gasteiger partial charge is 0.490 e. The van der Waals surface area contributed by atoms with Crippen molar-refractivity contribution in [1.29, 1.82) is 0 Å². The molecule has 2 rings (SSSR count). The van der Waals surface area contributed by atoms with Crippen molar-refractivity contribution in [3.8, 4) is 11.5 Å². The van der Waals surface area contributed by atoms with Crippen LogP contribution in [0.4, 0.5) is 11.6 Å². The summed E-state index contributed by atoms with van der Waals surface area (Å²) in [7, 11) is 0. The maximum Gasteiger partial charge on any atom is 0.271 e. The van der Waals surface area contributed by atoms with Gasteiger partial charge in [0.15, 0.2) is 11.5 Å². The maximum atomic E-state index is 11.1. The van der Waals surface area contributed by atoms with E-state index in [4.69, 9.17) is 9.47 Å². The molecule has 2 N–H and O–H groups in total. The van der Waals surface area contributed by atoms with Gasteiger partial charge in [0, 0.05) is 11.8 Å². The van der Waals surface area contributed by atoms with Crippen LogP contribution in [0.5, 0.6) is 11.5 Å². The monoisotopic (exact) mass is 276 g/mol. The average Bonchev–Trinajstić information content (AvgIpc) is 2.42. The molecular formula is C13H16N4O3. The summed E-state index contributed by atoms with van der Waals surface area (Å²) in [6, 6.07) is 5.38. The van der Waals surface area contributed by atoms with Gasteiger partial charge < -0.3 is 14.8 Å². The first-order valence-corrected chi connectivity index (χ1v) is 6.31. The molecule has 0 saturated heterocycles. The zero-order valence-electron chi connectivity index (χ0n) is 11.3. The van der Waals surface area contributed by atoms with Crippen molar-refractivity contribution < 1.29 is 9.47 Å².